The number of carbonyl (C=O) groups excluding carboxylic acids is 2. The highest BCUT2D eigenvalue weighted by Crippen LogP contribution is 2.08. The molecule has 26 heavy (non-hydrogen) atoms. The van der Waals surface area contributed by atoms with Crippen LogP contribution in [0.4, 0.5) is 0 Å². The number of nitrogens with one attached hydrogen (secondary N) is 1. The van der Waals surface area contributed by atoms with Crippen LogP contribution in [0.5, 0.6) is 0 Å². The predicted octanol–water partition coefficient (Wildman–Crippen LogP) is 3.32. The van der Waals surface area contributed by atoms with Gasteiger partial charge < -0.3 is 10.2 Å². The average Bonchev–Trinajstić information content (AvgIpc) is 2.68. The smallest absolute Gasteiger partial charge is 0.269 e. The Bertz CT molecular complexity index is 710. The van der Waals surface area contributed by atoms with E-state index in [1.807, 2.05) is 49.1 Å². The molecule has 1 N–H and O–H groups in total. The van der Waals surface area contributed by atoms with Crippen LogP contribution in [-0.2, 0) is 6.42 Å². The first-order valence-corrected chi connectivity index (χ1v) is 9.23. The van der Waals surface area contributed by atoms with Crippen molar-refractivity contribution in [2.45, 2.75) is 33.1 Å². The summed E-state index contributed by atoms with van der Waals surface area (Å²) in [6.07, 6.45) is 4.09. The maximum atomic E-state index is 12.7. The van der Waals surface area contributed by atoms with Crippen LogP contribution >= 0.6 is 0 Å². The summed E-state index contributed by atoms with van der Waals surface area (Å²) in [6, 6.07) is 13.2. The summed E-state index contributed by atoms with van der Waals surface area (Å²) in [5, 5.41) is 2.87. The van der Waals surface area contributed by atoms with Crippen molar-refractivity contribution in [2.24, 2.45) is 0 Å². The Balaban J connectivity index is 1.98. The Hall–Kier alpha value is -2.69. The van der Waals surface area contributed by atoms with Crippen LogP contribution in [0.25, 0.3) is 0 Å². The minimum Gasteiger partial charge on any atom is -0.350 e. The van der Waals surface area contributed by atoms with Gasteiger partial charge in [-0.15, -0.1) is 0 Å². The topological polar surface area (TPSA) is 62.3 Å². The molecule has 0 spiro atoms. The van der Waals surface area contributed by atoms with Crippen molar-refractivity contribution < 1.29 is 9.59 Å². The highest BCUT2D eigenvalue weighted by molar-refractivity contribution is 5.98. The van der Waals surface area contributed by atoms with Crippen molar-refractivity contribution in [2.75, 3.05) is 19.6 Å². The van der Waals surface area contributed by atoms with Crippen LogP contribution in [0.2, 0.25) is 0 Å². The van der Waals surface area contributed by atoms with E-state index in [-0.39, 0.29) is 17.5 Å². The van der Waals surface area contributed by atoms with Crippen LogP contribution in [0.15, 0.2) is 48.7 Å². The average molecular weight is 353 g/mol. The molecule has 0 saturated heterocycles. The lowest BCUT2D eigenvalue weighted by Gasteiger charge is -2.21. The summed E-state index contributed by atoms with van der Waals surface area (Å²) in [5.41, 5.74) is 1.95. The molecule has 0 saturated carbocycles. The number of rotatable bonds is 9. The van der Waals surface area contributed by atoms with Crippen molar-refractivity contribution in [1.29, 1.82) is 0 Å². The summed E-state index contributed by atoms with van der Waals surface area (Å²) in [4.78, 5) is 30.9. The second-order valence-corrected chi connectivity index (χ2v) is 6.21. The van der Waals surface area contributed by atoms with Crippen LogP contribution < -0.4 is 5.32 Å². The molecule has 0 atom stereocenters. The van der Waals surface area contributed by atoms with E-state index in [4.69, 9.17) is 0 Å². The third-order valence-electron chi connectivity index (χ3n) is 4.06. The summed E-state index contributed by atoms with van der Waals surface area (Å²) in [6.45, 7) is 6.06. The maximum Gasteiger partial charge on any atom is 0.269 e. The van der Waals surface area contributed by atoms with E-state index in [1.165, 1.54) is 11.8 Å². The summed E-state index contributed by atoms with van der Waals surface area (Å²) in [5.74, 6) is -0.303. The number of hydrogen-bond acceptors (Lipinski definition) is 3. The third-order valence-corrected chi connectivity index (χ3v) is 4.06. The molecular weight excluding hydrogens is 326 g/mol. The van der Waals surface area contributed by atoms with E-state index in [9.17, 15) is 9.59 Å². The number of hydrogen-bond donors (Lipinski definition) is 1. The third kappa shape index (κ3) is 5.69. The fourth-order valence-electron chi connectivity index (χ4n) is 2.78. The SMILES string of the molecule is CCCN(CCC)C(=O)c1ccnc(C(=O)NCCc2ccccc2)c1. The first-order valence-electron chi connectivity index (χ1n) is 9.23. The van der Waals surface area contributed by atoms with Gasteiger partial charge in [0, 0.05) is 31.4 Å². The molecule has 0 aliphatic rings. The molecule has 1 aromatic heterocycles. The Morgan fingerprint density at radius 3 is 2.38 bits per heavy atom. The molecule has 5 nitrogen and oxygen atoms in total. The van der Waals surface area contributed by atoms with E-state index in [0.29, 0.717) is 25.2 Å². The molecule has 2 amide bonds. The number of pyridine rings is 1. The molecule has 1 aromatic carbocycles. The van der Waals surface area contributed by atoms with E-state index < -0.39 is 0 Å². The minimum atomic E-state index is -0.256. The van der Waals surface area contributed by atoms with Crippen molar-refractivity contribution in [3.8, 4) is 0 Å². The highest BCUT2D eigenvalue weighted by Gasteiger charge is 2.16. The number of amides is 2. The van der Waals surface area contributed by atoms with Gasteiger partial charge in [-0.1, -0.05) is 44.2 Å². The molecular formula is C21H27N3O2. The molecule has 5 heteroatoms. The summed E-state index contributed by atoms with van der Waals surface area (Å²) in [7, 11) is 0. The predicted molar refractivity (Wildman–Crippen MR) is 103 cm³/mol. The first-order chi connectivity index (χ1) is 12.7. The molecule has 0 aliphatic heterocycles. The van der Waals surface area contributed by atoms with Gasteiger partial charge >= 0.3 is 0 Å². The van der Waals surface area contributed by atoms with Crippen LogP contribution in [0.3, 0.4) is 0 Å². The Morgan fingerprint density at radius 1 is 1.04 bits per heavy atom. The molecule has 138 valence electrons. The van der Waals surface area contributed by atoms with E-state index in [1.54, 1.807) is 12.1 Å². The van der Waals surface area contributed by atoms with Crippen LogP contribution in [-0.4, -0.2) is 41.3 Å². The van der Waals surface area contributed by atoms with Gasteiger partial charge in [0.2, 0.25) is 0 Å². The Morgan fingerprint density at radius 2 is 1.73 bits per heavy atom. The molecule has 2 aromatic rings. The minimum absolute atomic E-state index is 0.0468. The normalized spacial score (nSPS) is 10.4. The molecule has 0 bridgehead atoms. The highest BCUT2D eigenvalue weighted by atomic mass is 16.2. The second kappa shape index (κ2) is 10.3. The fourth-order valence-corrected chi connectivity index (χ4v) is 2.78. The van der Waals surface area contributed by atoms with Gasteiger partial charge in [-0.3, -0.25) is 14.6 Å². The first kappa shape index (κ1) is 19.6. The summed E-state index contributed by atoms with van der Waals surface area (Å²) >= 11 is 0. The standard InChI is InChI=1S/C21H27N3O2/c1-3-14-24(15-4-2)21(26)18-11-13-22-19(16-18)20(25)23-12-10-17-8-6-5-7-9-17/h5-9,11,13,16H,3-4,10,12,14-15H2,1-2H3,(H,23,25). The Labute approximate surface area is 155 Å². The molecule has 0 fully saturated rings. The summed E-state index contributed by atoms with van der Waals surface area (Å²) < 4.78 is 0. The second-order valence-electron chi connectivity index (χ2n) is 6.21. The molecule has 1 heterocycles. The number of carbonyl (C=O) groups is 2. The van der Waals surface area contributed by atoms with Crippen molar-refractivity contribution in [3.05, 3.63) is 65.5 Å². The maximum absolute atomic E-state index is 12.7. The van der Waals surface area contributed by atoms with E-state index in [0.717, 1.165) is 19.3 Å². The largest absolute Gasteiger partial charge is 0.350 e. The Kier molecular flexibility index (Phi) is 7.80. The fraction of sp³-hybridized carbons (Fsp3) is 0.381. The van der Waals surface area contributed by atoms with Crippen molar-refractivity contribution >= 4 is 11.8 Å². The van der Waals surface area contributed by atoms with Gasteiger partial charge in [0.05, 0.1) is 0 Å². The van der Waals surface area contributed by atoms with Gasteiger partial charge in [0.1, 0.15) is 5.69 Å². The molecule has 2 rings (SSSR count). The monoisotopic (exact) mass is 353 g/mol. The lowest BCUT2D eigenvalue weighted by atomic mass is 10.1. The molecule has 0 unspecified atom stereocenters. The number of nitrogens with zero attached hydrogens (tertiary/aromatic N) is 2. The van der Waals surface area contributed by atoms with Crippen molar-refractivity contribution in [1.82, 2.24) is 15.2 Å². The lowest BCUT2D eigenvalue weighted by molar-refractivity contribution is 0.0755. The van der Waals surface area contributed by atoms with Gasteiger partial charge in [-0.05, 0) is 37.0 Å². The number of aromatic nitrogens is 1. The lowest BCUT2D eigenvalue weighted by Crippen LogP contribution is -2.33. The van der Waals surface area contributed by atoms with E-state index >= 15 is 0 Å². The van der Waals surface area contributed by atoms with Gasteiger partial charge in [0.25, 0.3) is 11.8 Å². The zero-order valence-electron chi connectivity index (χ0n) is 15.6. The zero-order chi connectivity index (χ0) is 18.8. The van der Waals surface area contributed by atoms with Gasteiger partial charge in [-0.2, -0.15) is 0 Å². The number of benzene rings is 1. The molecule has 0 aliphatic carbocycles. The van der Waals surface area contributed by atoms with E-state index in [2.05, 4.69) is 10.3 Å². The van der Waals surface area contributed by atoms with Gasteiger partial charge in [0.15, 0.2) is 0 Å². The van der Waals surface area contributed by atoms with Crippen LogP contribution in [0, 0.1) is 0 Å². The molecule has 0 radical (unpaired) electrons. The van der Waals surface area contributed by atoms with Gasteiger partial charge in [-0.25, -0.2) is 0 Å². The zero-order valence-corrected chi connectivity index (χ0v) is 15.6. The van der Waals surface area contributed by atoms with Crippen molar-refractivity contribution in [3.63, 3.8) is 0 Å². The van der Waals surface area contributed by atoms with Crippen LogP contribution in [0.1, 0.15) is 53.1 Å². The quantitative estimate of drug-likeness (QED) is 0.752.